The van der Waals surface area contributed by atoms with Gasteiger partial charge in [0.05, 0.1) is 11.4 Å². The second-order valence-corrected chi connectivity index (χ2v) is 5.83. The van der Waals surface area contributed by atoms with E-state index in [0.717, 1.165) is 21.7 Å². The van der Waals surface area contributed by atoms with E-state index in [0.29, 0.717) is 6.54 Å². The molecule has 0 radical (unpaired) electrons. The summed E-state index contributed by atoms with van der Waals surface area (Å²) < 4.78 is 1.93. The highest BCUT2D eigenvalue weighted by molar-refractivity contribution is 7.07. The number of carbonyl (C=O) groups excluding carboxylic acids is 1. The number of thiazole rings is 1. The summed E-state index contributed by atoms with van der Waals surface area (Å²) >= 11 is 1.50. The fraction of sp³-hybridized carbons (Fsp3) is 0.111. The molecule has 0 aliphatic rings. The Morgan fingerprint density at radius 1 is 1.04 bits per heavy atom. The molecule has 0 N–H and O–H groups in total. The van der Waals surface area contributed by atoms with E-state index in [2.05, 4.69) is 4.99 Å². The maximum Gasteiger partial charge on any atom is 0.190 e. The minimum atomic E-state index is -1.06. The summed E-state index contributed by atoms with van der Waals surface area (Å²) in [7, 11) is 0. The van der Waals surface area contributed by atoms with Crippen molar-refractivity contribution in [2.24, 2.45) is 4.99 Å². The summed E-state index contributed by atoms with van der Waals surface area (Å²) in [5.41, 5.74) is 2.85. The number of benzene rings is 2. The second kappa shape index (κ2) is 7.07. The molecule has 0 aliphatic carbocycles. The lowest BCUT2D eigenvalue weighted by Crippen LogP contribution is -2.26. The lowest BCUT2D eigenvalue weighted by Gasteiger charge is -2.09. The van der Waals surface area contributed by atoms with Crippen molar-refractivity contribution in [2.75, 3.05) is 0 Å². The maximum atomic E-state index is 10.9. The molecular weight excluding hydrogens is 308 g/mol. The molecule has 0 unspecified atom stereocenters. The van der Waals surface area contributed by atoms with E-state index < -0.39 is 5.97 Å². The van der Waals surface area contributed by atoms with Gasteiger partial charge in [0.15, 0.2) is 4.80 Å². The van der Waals surface area contributed by atoms with Crippen LogP contribution in [0.25, 0.3) is 11.3 Å². The Morgan fingerprint density at radius 2 is 1.70 bits per heavy atom. The summed E-state index contributed by atoms with van der Waals surface area (Å²) in [5.74, 6) is -1.06. The Bertz CT molecular complexity index is 851. The Labute approximate surface area is 138 Å². The van der Waals surface area contributed by atoms with Gasteiger partial charge in [-0.25, -0.2) is 4.99 Å². The molecule has 116 valence electrons. The molecule has 1 heterocycles. The van der Waals surface area contributed by atoms with E-state index in [1.165, 1.54) is 11.3 Å². The first kappa shape index (κ1) is 15.2. The molecule has 0 fully saturated rings. The van der Waals surface area contributed by atoms with E-state index in [1.807, 2.05) is 70.6 Å². The molecule has 3 rings (SSSR count). The molecule has 3 aromatic rings. The van der Waals surface area contributed by atoms with Crippen LogP contribution in [0, 0.1) is 0 Å². The van der Waals surface area contributed by atoms with Gasteiger partial charge in [-0.15, -0.1) is 11.3 Å². The Morgan fingerprint density at radius 3 is 2.35 bits per heavy atom. The monoisotopic (exact) mass is 323 g/mol. The quantitative estimate of drug-likeness (QED) is 0.724. The maximum absolute atomic E-state index is 10.9. The summed E-state index contributed by atoms with van der Waals surface area (Å²) in [6, 6.07) is 19.5. The Balaban J connectivity index is 2.08. The first-order valence-electron chi connectivity index (χ1n) is 7.27. The van der Waals surface area contributed by atoms with Gasteiger partial charge in [0, 0.05) is 24.3 Å². The standard InChI is InChI=1S/C18H16N2O2S/c21-17(22)11-12-20-16(14-7-3-1-4-8-14)13-23-18(20)19-15-9-5-2-6-10-15/h1-10,13H,11-12H2,(H,21,22)/p-1. The molecule has 23 heavy (non-hydrogen) atoms. The summed E-state index contributed by atoms with van der Waals surface area (Å²) in [4.78, 5) is 16.3. The van der Waals surface area contributed by atoms with Crippen LogP contribution < -0.4 is 9.91 Å². The van der Waals surface area contributed by atoms with Crippen LogP contribution in [0.5, 0.6) is 0 Å². The zero-order valence-electron chi connectivity index (χ0n) is 12.4. The van der Waals surface area contributed by atoms with E-state index in [1.54, 1.807) is 0 Å². The lowest BCUT2D eigenvalue weighted by atomic mass is 10.2. The van der Waals surface area contributed by atoms with Gasteiger partial charge in [-0.1, -0.05) is 48.5 Å². The highest BCUT2D eigenvalue weighted by atomic mass is 32.1. The zero-order valence-corrected chi connectivity index (χ0v) is 13.2. The topological polar surface area (TPSA) is 57.4 Å². The average molecular weight is 323 g/mol. The Hall–Kier alpha value is -2.66. The van der Waals surface area contributed by atoms with Crippen LogP contribution in [0.15, 0.2) is 71.0 Å². The van der Waals surface area contributed by atoms with E-state index in [-0.39, 0.29) is 6.42 Å². The first-order valence-corrected chi connectivity index (χ1v) is 8.15. The first-order chi connectivity index (χ1) is 11.2. The van der Waals surface area contributed by atoms with Crippen molar-refractivity contribution in [2.45, 2.75) is 13.0 Å². The smallest absolute Gasteiger partial charge is 0.190 e. The molecule has 5 heteroatoms. The van der Waals surface area contributed by atoms with E-state index in [9.17, 15) is 9.90 Å². The van der Waals surface area contributed by atoms with Gasteiger partial charge in [-0.2, -0.15) is 0 Å². The van der Waals surface area contributed by atoms with Crippen molar-refractivity contribution in [1.29, 1.82) is 0 Å². The van der Waals surface area contributed by atoms with Crippen molar-refractivity contribution >= 4 is 23.0 Å². The molecule has 1 aromatic heterocycles. The molecule has 0 aliphatic heterocycles. The fourth-order valence-corrected chi connectivity index (χ4v) is 3.25. The van der Waals surface area contributed by atoms with Gasteiger partial charge in [0.1, 0.15) is 0 Å². The summed E-state index contributed by atoms with van der Waals surface area (Å²) in [6.45, 7) is 0.335. The average Bonchev–Trinajstić information content (AvgIpc) is 2.97. The van der Waals surface area contributed by atoms with Crippen LogP contribution in [0.4, 0.5) is 5.69 Å². The van der Waals surface area contributed by atoms with Crippen molar-refractivity contribution in [3.63, 3.8) is 0 Å². The number of carbonyl (C=O) groups is 1. The highest BCUT2D eigenvalue weighted by Gasteiger charge is 2.08. The van der Waals surface area contributed by atoms with Gasteiger partial charge >= 0.3 is 0 Å². The largest absolute Gasteiger partial charge is 0.550 e. The molecule has 0 atom stereocenters. The van der Waals surface area contributed by atoms with Gasteiger partial charge in [-0.3, -0.25) is 0 Å². The molecule has 2 aromatic carbocycles. The van der Waals surface area contributed by atoms with Crippen LogP contribution in [0.3, 0.4) is 0 Å². The molecule has 0 amide bonds. The third kappa shape index (κ3) is 3.76. The van der Waals surface area contributed by atoms with Gasteiger partial charge in [0.25, 0.3) is 0 Å². The second-order valence-electron chi connectivity index (χ2n) is 4.99. The number of hydrogen-bond acceptors (Lipinski definition) is 4. The molecule has 0 bridgehead atoms. The summed E-state index contributed by atoms with van der Waals surface area (Å²) in [6.07, 6.45) is -0.0431. The third-order valence-corrected chi connectivity index (χ3v) is 4.25. The number of aliphatic carboxylic acids is 1. The zero-order chi connectivity index (χ0) is 16.1. The van der Waals surface area contributed by atoms with Crippen LogP contribution >= 0.6 is 11.3 Å². The molecule has 0 saturated carbocycles. The van der Waals surface area contributed by atoms with Crippen LogP contribution in [0.1, 0.15) is 6.42 Å². The predicted molar refractivity (Wildman–Crippen MR) is 89.0 cm³/mol. The van der Waals surface area contributed by atoms with E-state index >= 15 is 0 Å². The molecule has 0 spiro atoms. The van der Waals surface area contributed by atoms with E-state index in [4.69, 9.17) is 0 Å². The van der Waals surface area contributed by atoms with Crippen LogP contribution in [-0.2, 0) is 11.3 Å². The molecular formula is C18H15N2O2S-. The van der Waals surface area contributed by atoms with Crippen molar-refractivity contribution < 1.29 is 9.90 Å². The number of nitrogens with zero attached hydrogens (tertiary/aromatic N) is 2. The van der Waals surface area contributed by atoms with Crippen molar-refractivity contribution in [3.05, 3.63) is 70.8 Å². The summed E-state index contributed by atoms with van der Waals surface area (Å²) in [5, 5.41) is 12.9. The molecule has 4 nitrogen and oxygen atoms in total. The number of carboxylic acids is 1. The normalized spacial score (nSPS) is 11.6. The minimum Gasteiger partial charge on any atom is -0.550 e. The third-order valence-electron chi connectivity index (χ3n) is 3.39. The highest BCUT2D eigenvalue weighted by Crippen LogP contribution is 2.20. The SMILES string of the molecule is O=C([O-])CCn1c(-c2ccccc2)csc1=Nc1ccccc1. The Kier molecular flexibility index (Phi) is 4.68. The molecule has 0 saturated heterocycles. The van der Waals surface area contributed by atoms with Gasteiger partial charge in [-0.05, 0) is 17.7 Å². The van der Waals surface area contributed by atoms with Crippen LogP contribution in [-0.4, -0.2) is 10.5 Å². The number of rotatable bonds is 5. The van der Waals surface area contributed by atoms with Crippen molar-refractivity contribution in [3.8, 4) is 11.3 Å². The predicted octanol–water partition coefficient (Wildman–Crippen LogP) is 2.59. The lowest BCUT2D eigenvalue weighted by molar-refractivity contribution is -0.305. The fourth-order valence-electron chi connectivity index (χ4n) is 2.29. The minimum absolute atomic E-state index is 0.0431. The van der Waals surface area contributed by atoms with Gasteiger partial charge < -0.3 is 14.5 Å². The number of carboxylic acid groups (broad SMARTS) is 1. The number of hydrogen-bond donors (Lipinski definition) is 0. The van der Waals surface area contributed by atoms with Gasteiger partial charge in [0.2, 0.25) is 0 Å². The number of aromatic nitrogens is 1. The van der Waals surface area contributed by atoms with Crippen LogP contribution in [0.2, 0.25) is 0 Å². The van der Waals surface area contributed by atoms with Crippen molar-refractivity contribution in [1.82, 2.24) is 4.57 Å². The number of para-hydroxylation sites is 1.